The van der Waals surface area contributed by atoms with E-state index in [2.05, 4.69) is 5.32 Å². The highest BCUT2D eigenvalue weighted by Crippen LogP contribution is 2.23. The number of carbonyl (C=O) groups is 1. The van der Waals surface area contributed by atoms with E-state index in [0.717, 1.165) is 38.8 Å². The number of nitrogens with one attached hydrogen (secondary N) is 1. The van der Waals surface area contributed by atoms with E-state index in [1.807, 2.05) is 0 Å². The highest BCUT2D eigenvalue weighted by atomic mass is 16.5. The molecule has 2 rings (SSSR count). The quantitative estimate of drug-likeness (QED) is 0.745. The summed E-state index contributed by atoms with van der Waals surface area (Å²) >= 11 is 0. The second kappa shape index (κ2) is 5.64. The Balaban J connectivity index is 1.78. The fraction of sp³-hybridized carbons (Fsp3) is 0.917. The molecule has 2 heterocycles. The van der Waals surface area contributed by atoms with Crippen molar-refractivity contribution in [1.29, 1.82) is 0 Å². The maximum Gasteiger partial charge on any atom is 0.222 e. The summed E-state index contributed by atoms with van der Waals surface area (Å²) < 4.78 is 5.60. The van der Waals surface area contributed by atoms with Gasteiger partial charge in [-0.25, -0.2) is 0 Å². The molecule has 2 aliphatic rings. The van der Waals surface area contributed by atoms with Gasteiger partial charge < -0.3 is 15.8 Å². The molecule has 0 aromatic carbocycles. The third-order valence-electron chi connectivity index (χ3n) is 3.77. The summed E-state index contributed by atoms with van der Waals surface area (Å²) in [5.74, 6) is -0.125. The van der Waals surface area contributed by atoms with Crippen molar-refractivity contribution >= 4 is 5.91 Å². The average molecular weight is 226 g/mol. The zero-order valence-electron chi connectivity index (χ0n) is 9.78. The Morgan fingerprint density at radius 1 is 1.31 bits per heavy atom. The minimum Gasteiger partial charge on any atom is -0.378 e. The first-order valence-electron chi connectivity index (χ1n) is 6.41. The van der Waals surface area contributed by atoms with Gasteiger partial charge in [-0.15, -0.1) is 0 Å². The molecular formula is C12H22N2O2. The second-order valence-corrected chi connectivity index (χ2v) is 4.92. The third-order valence-corrected chi connectivity index (χ3v) is 3.77. The Morgan fingerprint density at radius 3 is 2.88 bits per heavy atom. The van der Waals surface area contributed by atoms with Crippen LogP contribution >= 0.6 is 0 Å². The summed E-state index contributed by atoms with van der Waals surface area (Å²) in [6.07, 6.45) is 6.84. The van der Waals surface area contributed by atoms with Gasteiger partial charge in [0.25, 0.3) is 0 Å². The van der Waals surface area contributed by atoms with Crippen LogP contribution in [0.5, 0.6) is 0 Å². The van der Waals surface area contributed by atoms with Gasteiger partial charge in [-0.2, -0.15) is 0 Å². The normalized spacial score (nSPS) is 35.1. The Hall–Kier alpha value is -0.610. The molecule has 0 spiro atoms. The highest BCUT2D eigenvalue weighted by Gasteiger charge is 2.29. The molecule has 3 atom stereocenters. The van der Waals surface area contributed by atoms with Crippen LogP contribution in [0.4, 0.5) is 0 Å². The number of hydrogen-bond donors (Lipinski definition) is 2. The van der Waals surface area contributed by atoms with Crippen LogP contribution in [-0.2, 0) is 9.53 Å². The van der Waals surface area contributed by atoms with Gasteiger partial charge in [0.1, 0.15) is 0 Å². The Bertz CT molecular complexity index is 239. The molecule has 0 aromatic rings. The van der Waals surface area contributed by atoms with Gasteiger partial charge in [-0.05, 0) is 45.1 Å². The van der Waals surface area contributed by atoms with E-state index in [4.69, 9.17) is 10.5 Å². The van der Waals surface area contributed by atoms with Crippen LogP contribution in [0, 0.1) is 5.92 Å². The zero-order valence-corrected chi connectivity index (χ0v) is 9.78. The van der Waals surface area contributed by atoms with Gasteiger partial charge in [0, 0.05) is 12.6 Å². The number of rotatable bonds is 4. The molecule has 3 N–H and O–H groups in total. The minimum absolute atomic E-state index is 0.0233. The molecule has 0 bridgehead atoms. The lowest BCUT2D eigenvalue weighted by molar-refractivity contribution is -0.123. The molecule has 16 heavy (non-hydrogen) atoms. The Morgan fingerprint density at radius 2 is 2.19 bits per heavy atom. The van der Waals surface area contributed by atoms with Crippen molar-refractivity contribution in [3.8, 4) is 0 Å². The number of ether oxygens (including phenoxy) is 1. The number of primary amides is 1. The summed E-state index contributed by atoms with van der Waals surface area (Å²) in [7, 11) is 0. The van der Waals surface area contributed by atoms with E-state index >= 15 is 0 Å². The molecule has 2 aliphatic heterocycles. The molecule has 0 radical (unpaired) electrons. The molecule has 4 heteroatoms. The predicted molar refractivity (Wildman–Crippen MR) is 61.9 cm³/mol. The lowest BCUT2D eigenvalue weighted by atomic mass is 9.87. The maximum absolute atomic E-state index is 11.3. The first-order chi connectivity index (χ1) is 7.77. The average Bonchev–Trinajstić information content (AvgIpc) is 2.79. The van der Waals surface area contributed by atoms with Gasteiger partial charge in [-0.1, -0.05) is 0 Å². The Kier molecular flexibility index (Phi) is 4.18. The lowest BCUT2D eigenvalue weighted by Gasteiger charge is -2.31. The Labute approximate surface area is 96.9 Å². The number of nitrogens with two attached hydrogens (primary N) is 1. The molecule has 3 unspecified atom stereocenters. The van der Waals surface area contributed by atoms with Gasteiger partial charge in [0.05, 0.1) is 12.0 Å². The molecular weight excluding hydrogens is 204 g/mol. The lowest BCUT2D eigenvalue weighted by Crippen LogP contribution is -2.47. The van der Waals surface area contributed by atoms with E-state index in [1.165, 1.54) is 12.8 Å². The first-order valence-corrected chi connectivity index (χ1v) is 6.41. The van der Waals surface area contributed by atoms with E-state index < -0.39 is 0 Å². The first kappa shape index (κ1) is 11.9. The predicted octanol–water partition coefficient (Wildman–Crippen LogP) is 0.799. The molecule has 0 saturated carbocycles. The molecule has 1 amide bonds. The monoisotopic (exact) mass is 226 g/mol. The van der Waals surface area contributed by atoms with E-state index in [-0.39, 0.29) is 17.9 Å². The largest absolute Gasteiger partial charge is 0.378 e. The van der Waals surface area contributed by atoms with Crippen LogP contribution in [0.15, 0.2) is 0 Å². The van der Waals surface area contributed by atoms with Crippen LogP contribution in [0.25, 0.3) is 0 Å². The molecule has 4 nitrogen and oxygen atoms in total. The smallest absolute Gasteiger partial charge is 0.222 e. The molecule has 0 aromatic heterocycles. The van der Waals surface area contributed by atoms with E-state index in [1.54, 1.807) is 0 Å². The van der Waals surface area contributed by atoms with Crippen LogP contribution < -0.4 is 11.1 Å². The topological polar surface area (TPSA) is 64.4 Å². The fourth-order valence-corrected chi connectivity index (χ4v) is 2.83. The van der Waals surface area contributed by atoms with Crippen molar-refractivity contribution in [2.45, 2.75) is 50.7 Å². The SMILES string of the molecule is NC(=O)C1CCCNC1CCC1CCCO1. The molecule has 2 fully saturated rings. The van der Waals surface area contributed by atoms with Crippen LogP contribution in [-0.4, -0.2) is 31.2 Å². The number of piperidine rings is 1. The van der Waals surface area contributed by atoms with Gasteiger partial charge in [0.15, 0.2) is 0 Å². The molecule has 0 aliphatic carbocycles. The third kappa shape index (κ3) is 2.95. The number of carbonyl (C=O) groups excluding carboxylic acids is 1. The van der Waals surface area contributed by atoms with Crippen molar-refractivity contribution in [1.82, 2.24) is 5.32 Å². The van der Waals surface area contributed by atoms with E-state index in [0.29, 0.717) is 6.10 Å². The summed E-state index contributed by atoms with van der Waals surface area (Å²) in [5.41, 5.74) is 5.43. The van der Waals surface area contributed by atoms with E-state index in [9.17, 15) is 4.79 Å². The second-order valence-electron chi connectivity index (χ2n) is 4.92. The molecule has 2 saturated heterocycles. The summed E-state index contributed by atoms with van der Waals surface area (Å²) in [6, 6.07) is 0.274. The zero-order chi connectivity index (χ0) is 11.4. The van der Waals surface area contributed by atoms with Gasteiger partial charge in [-0.3, -0.25) is 4.79 Å². The van der Waals surface area contributed by atoms with Crippen molar-refractivity contribution in [3.63, 3.8) is 0 Å². The maximum atomic E-state index is 11.3. The highest BCUT2D eigenvalue weighted by molar-refractivity contribution is 5.77. The summed E-state index contributed by atoms with van der Waals surface area (Å²) in [4.78, 5) is 11.3. The standard InChI is InChI=1S/C12H22N2O2/c13-12(15)10-4-1-7-14-11(10)6-5-9-3-2-8-16-9/h9-11,14H,1-8H2,(H2,13,15). The van der Waals surface area contributed by atoms with Gasteiger partial charge in [0.2, 0.25) is 5.91 Å². The van der Waals surface area contributed by atoms with Gasteiger partial charge >= 0.3 is 0 Å². The number of hydrogen-bond acceptors (Lipinski definition) is 3. The summed E-state index contributed by atoms with van der Waals surface area (Å²) in [6.45, 7) is 1.92. The van der Waals surface area contributed by atoms with Crippen LogP contribution in [0.1, 0.15) is 38.5 Å². The fourth-order valence-electron chi connectivity index (χ4n) is 2.83. The van der Waals surface area contributed by atoms with Crippen molar-refractivity contribution in [3.05, 3.63) is 0 Å². The number of amides is 1. The molecule has 92 valence electrons. The van der Waals surface area contributed by atoms with Crippen molar-refractivity contribution in [2.75, 3.05) is 13.2 Å². The minimum atomic E-state index is -0.149. The summed E-state index contributed by atoms with van der Waals surface area (Å²) in [5, 5.41) is 3.42. The van der Waals surface area contributed by atoms with Crippen molar-refractivity contribution < 1.29 is 9.53 Å². The van der Waals surface area contributed by atoms with Crippen molar-refractivity contribution in [2.24, 2.45) is 11.7 Å². The van der Waals surface area contributed by atoms with Crippen LogP contribution in [0.2, 0.25) is 0 Å². The van der Waals surface area contributed by atoms with Crippen LogP contribution in [0.3, 0.4) is 0 Å².